The van der Waals surface area contributed by atoms with Gasteiger partial charge in [-0.15, -0.1) is 18.2 Å². The van der Waals surface area contributed by atoms with Crippen molar-refractivity contribution in [1.29, 1.82) is 0 Å². The van der Waals surface area contributed by atoms with E-state index in [1.54, 1.807) is 7.11 Å². The minimum absolute atomic E-state index is 0. The minimum Gasteiger partial charge on any atom is -0.523 e. The second-order valence-electron chi connectivity index (χ2n) is 5.63. The van der Waals surface area contributed by atoms with Gasteiger partial charge < -0.3 is 9.64 Å². The van der Waals surface area contributed by atoms with Crippen LogP contribution in [0.25, 0.3) is 0 Å². The molecule has 0 saturated carbocycles. The Labute approximate surface area is 148 Å². The molecule has 1 aliphatic heterocycles. The van der Waals surface area contributed by atoms with Crippen LogP contribution in [0, 0.1) is 12.0 Å². The number of hydrogen-bond acceptors (Lipinski definition) is 3. The quantitative estimate of drug-likeness (QED) is 0.760. The summed E-state index contributed by atoms with van der Waals surface area (Å²) in [6.45, 7) is 10.4. The van der Waals surface area contributed by atoms with Crippen LogP contribution in [0.1, 0.15) is 20.3 Å². The number of nitrogens with zero attached hydrogens (tertiary/aromatic N) is 2. The Morgan fingerprint density at radius 2 is 1.90 bits per heavy atom. The van der Waals surface area contributed by atoms with Crippen LogP contribution in [0.4, 0.5) is 5.69 Å². The van der Waals surface area contributed by atoms with Gasteiger partial charge in [-0.05, 0) is 18.9 Å². The van der Waals surface area contributed by atoms with Gasteiger partial charge in [0, 0.05) is 64.6 Å². The molecule has 0 unspecified atom stereocenters. The van der Waals surface area contributed by atoms with E-state index in [0.717, 1.165) is 24.8 Å². The summed E-state index contributed by atoms with van der Waals surface area (Å²) in [5.74, 6) is 1.61. The first-order valence-corrected chi connectivity index (χ1v) is 7.22. The molecular weight excluding hydrogens is 325 g/mol. The summed E-state index contributed by atoms with van der Waals surface area (Å²) in [6, 6.07) is 9.30. The summed E-state index contributed by atoms with van der Waals surface area (Å²) < 4.78 is 5.15. The second kappa shape index (κ2) is 9.01. The molecule has 0 N–H and O–H groups in total. The van der Waals surface area contributed by atoms with Gasteiger partial charge in [-0.25, -0.2) is 0 Å². The van der Waals surface area contributed by atoms with Gasteiger partial charge >= 0.3 is 0 Å². The van der Waals surface area contributed by atoms with Crippen molar-refractivity contribution in [1.82, 2.24) is 4.90 Å². The number of rotatable bonds is 5. The monoisotopic (exact) mass is 350 g/mol. The van der Waals surface area contributed by atoms with Crippen molar-refractivity contribution >= 4 is 5.69 Å². The summed E-state index contributed by atoms with van der Waals surface area (Å²) in [5, 5.41) is 0. The Morgan fingerprint density at radius 1 is 1.20 bits per heavy atom. The third-order valence-corrected chi connectivity index (χ3v) is 3.75. The smallest absolute Gasteiger partial charge is 0.0743 e. The molecule has 0 bridgehead atoms. The molecule has 1 aliphatic rings. The molecule has 0 amide bonds. The van der Waals surface area contributed by atoms with E-state index in [2.05, 4.69) is 35.8 Å². The average Bonchev–Trinajstić information content (AvgIpc) is 2.46. The van der Waals surface area contributed by atoms with Crippen LogP contribution in [0.2, 0.25) is 0 Å². The molecule has 1 fully saturated rings. The van der Waals surface area contributed by atoms with Gasteiger partial charge in [-0.3, -0.25) is 4.90 Å². The van der Waals surface area contributed by atoms with Gasteiger partial charge in [0.25, 0.3) is 0 Å². The Bertz CT molecular complexity index is 373. The molecule has 0 aliphatic carbocycles. The van der Waals surface area contributed by atoms with Gasteiger partial charge in [0.05, 0.1) is 7.11 Å². The van der Waals surface area contributed by atoms with Crippen LogP contribution >= 0.6 is 0 Å². The summed E-state index contributed by atoms with van der Waals surface area (Å²) in [7, 11) is 1.68. The van der Waals surface area contributed by atoms with E-state index >= 15 is 0 Å². The van der Waals surface area contributed by atoms with Gasteiger partial charge in [0.2, 0.25) is 0 Å². The first-order valence-electron chi connectivity index (χ1n) is 7.22. The molecule has 1 aromatic rings. The van der Waals surface area contributed by atoms with Crippen LogP contribution in [0.3, 0.4) is 0 Å². The van der Waals surface area contributed by atoms with Crippen molar-refractivity contribution in [2.24, 2.45) is 5.92 Å². The fraction of sp³-hybridized carbons (Fsp3) is 0.625. The number of benzene rings is 1. The molecule has 1 heterocycles. The molecule has 3 nitrogen and oxygen atoms in total. The molecular formula is C16H25N2OY-. The zero-order valence-electron chi connectivity index (χ0n) is 12.9. The van der Waals surface area contributed by atoms with Crippen LogP contribution in [-0.2, 0) is 32.7 Å². The zero-order chi connectivity index (χ0) is 13.7. The maximum atomic E-state index is 5.15. The maximum absolute atomic E-state index is 5.15. The predicted octanol–water partition coefficient (Wildman–Crippen LogP) is 2.66. The molecule has 109 valence electrons. The van der Waals surface area contributed by atoms with Gasteiger partial charge in [0.15, 0.2) is 0 Å². The number of anilines is 1. The molecule has 0 atom stereocenters. The first-order chi connectivity index (χ1) is 9.19. The number of methoxy groups -OCH3 is 1. The number of piperazine rings is 1. The molecule has 1 aromatic carbocycles. The van der Waals surface area contributed by atoms with Crippen LogP contribution < -0.4 is 9.64 Å². The molecule has 4 heteroatoms. The Morgan fingerprint density at radius 3 is 2.40 bits per heavy atom. The van der Waals surface area contributed by atoms with Crippen molar-refractivity contribution in [2.45, 2.75) is 20.3 Å². The van der Waals surface area contributed by atoms with Crippen LogP contribution in [-0.4, -0.2) is 44.7 Å². The number of hydrogen-bond donors (Lipinski definition) is 0. The van der Waals surface area contributed by atoms with Gasteiger partial charge in [-0.1, -0.05) is 19.5 Å². The van der Waals surface area contributed by atoms with Crippen molar-refractivity contribution in [2.75, 3.05) is 44.7 Å². The zero-order valence-corrected chi connectivity index (χ0v) is 15.8. The summed E-state index contributed by atoms with van der Waals surface area (Å²) >= 11 is 0. The second-order valence-corrected chi connectivity index (χ2v) is 5.63. The number of ether oxygens (including phenoxy) is 1. The van der Waals surface area contributed by atoms with Crippen LogP contribution in [0.15, 0.2) is 18.2 Å². The fourth-order valence-electron chi connectivity index (χ4n) is 2.40. The van der Waals surface area contributed by atoms with Gasteiger partial charge in [0.1, 0.15) is 0 Å². The topological polar surface area (TPSA) is 15.7 Å². The molecule has 1 saturated heterocycles. The normalized spacial score (nSPS) is 16.1. The average molecular weight is 350 g/mol. The van der Waals surface area contributed by atoms with E-state index in [-0.39, 0.29) is 32.7 Å². The van der Waals surface area contributed by atoms with Crippen molar-refractivity contribution in [3.63, 3.8) is 0 Å². The van der Waals surface area contributed by atoms with Gasteiger partial charge in [-0.2, -0.15) is 6.07 Å². The summed E-state index contributed by atoms with van der Waals surface area (Å²) in [4.78, 5) is 5.01. The third kappa shape index (κ3) is 5.34. The Kier molecular flexibility index (Phi) is 8.08. The van der Waals surface area contributed by atoms with Crippen molar-refractivity contribution in [3.8, 4) is 5.75 Å². The molecule has 0 aromatic heterocycles. The maximum Gasteiger partial charge on any atom is 0.0743 e. The Balaban J connectivity index is 0.00000200. The third-order valence-electron chi connectivity index (χ3n) is 3.75. The van der Waals surface area contributed by atoms with Crippen molar-refractivity contribution in [3.05, 3.63) is 24.3 Å². The molecule has 1 radical (unpaired) electrons. The first kappa shape index (κ1) is 17.9. The summed E-state index contributed by atoms with van der Waals surface area (Å²) in [5.41, 5.74) is 1.25. The molecule has 0 spiro atoms. The van der Waals surface area contributed by atoms with Crippen LogP contribution in [0.5, 0.6) is 5.75 Å². The van der Waals surface area contributed by atoms with Crippen molar-refractivity contribution < 1.29 is 37.4 Å². The fourth-order valence-corrected chi connectivity index (χ4v) is 2.40. The van der Waals surface area contributed by atoms with E-state index in [1.165, 1.54) is 31.7 Å². The minimum atomic E-state index is 0. The largest absolute Gasteiger partial charge is 0.523 e. The SMILES string of the molecule is COc1[c-]cc(N2CCN(CCC(C)C)CC2)cc1.[Y]. The van der Waals surface area contributed by atoms with E-state index in [1.807, 2.05) is 12.1 Å². The van der Waals surface area contributed by atoms with E-state index in [9.17, 15) is 0 Å². The van der Waals surface area contributed by atoms with E-state index in [0.29, 0.717) is 0 Å². The predicted molar refractivity (Wildman–Crippen MR) is 79.9 cm³/mol. The molecule has 2 rings (SSSR count). The molecule has 20 heavy (non-hydrogen) atoms. The Hall–Kier alpha value is -0.116. The summed E-state index contributed by atoms with van der Waals surface area (Å²) in [6.07, 6.45) is 1.30. The van der Waals surface area contributed by atoms with E-state index in [4.69, 9.17) is 4.74 Å². The standard InChI is InChI=1S/C16H25N2O.Y/c1-14(2)8-9-17-10-12-18(13-11-17)15-4-6-16(19-3)7-5-15;/h4-6,14H,8-13H2,1-3H3;/q-1;. The van der Waals surface area contributed by atoms with E-state index < -0.39 is 0 Å².